The van der Waals surface area contributed by atoms with E-state index >= 15 is 0 Å². The van der Waals surface area contributed by atoms with E-state index in [1.165, 1.54) is 53.9 Å². The number of aromatic nitrogens is 3. The van der Waals surface area contributed by atoms with E-state index in [2.05, 4.69) is 168 Å². The number of rotatable bonds is 3. The Kier molecular flexibility index (Phi) is 5.57. The van der Waals surface area contributed by atoms with Crippen LogP contribution >= 0.6 is 0 Å². The summed E-state index contributed by atoms with van der Waals surface area (Å²) in [4.78, 5) is 10.7. The molecular weight excluding hydrogens is 571 g/mol. The first kappa shape index (κ1) is 26.0. The van der Waals surface area contributed by atoms with Gasteiger partial charge in [0.05, 0.1) is 16.7 Å². The molecule has 8 aromatic carbocycles. The summed E-state index contributed by atoms with van der Waals surface area (Å²) in [6, 6.07) is 58.4. The van der Waals surface area contributed by atoms with Crippen LogP contribution in [0.15, 0.2) is 164 Å². The second kappa shape index (κ2) is 10.1. The van der Waals surface area contributed by atoms with Gasteiger partial charge in [0.15, 0.2) is 5.82 Å². The van der Waals surface area contributed by atoms with Crippen LogP contribution in [0.5, 0.6) is 0 Å². The van der Waals surface area contributed by atoms with Crippen molar-refractivity contribution in [2.75, 3.05) is 0 Å². The molecule has 10 aromatic rings. The van der Waals surface area contributed by atoms with Crippen LogP contribution in [0.2, 0.25) is 0 Å². The number of nitrogens with zero attached hydrogens (tertiary/aromatic N) is 3. The summed E-state index contributed by atoms with van der Waals surface area (Å²) in [5.74, 6) is 1.55. The van der Waals surface area contributed by atoms with Gasteiger partial charge in [-0.1, -0.05) is 140 Å². The van der Waals surface area contributed by atoms with Gasteiger partial charge < -0.3 is 0 Å². The topological polar surface area (TPSA) is 30.7 Å². The molecule has 2 aromatic heterocycles. The molecule has 0 unspecified atom stereocenters. The van der Waals surface area contributed by atoms with Gasteiger partial charge in [0, 0.05) is 28.0 Å². The molecule has 0 amide bonds. The van der Waals surface area contributed by atoms with Crippen LogP contribution in [0.1, 0.15) is 0 Å². The molecule has 0 radical (unpaired) electrons. The van der Waals surface area contributed by atoms with Gasteiger partial charge in [-0.3, -0.25) is 4.57 Å². The van der Waals surface area contributed by atoms with E-state index in [-0.39, 0.29) is 0 Å². The first-order valence-corrected chi connectivity index (χ1v) is 16.0. The molecule has 2 heterocycles. The zero-order chi connectivity index (χ0) is 30.9. The van der Waals surface area contributed by atoms with E-state index in [0.717, 1.165) is 33.7 Å². The lowest BCUT2D eigenvalue weighted by molar-refractivity contribution is 1.05. The van der Waals surface area contributed by atoms with Crippen molar-refractivity contribution in [1.82, 2.24) is 14.5 Å². The van der Waals surface area contributed by atoms with Gasteiger partial charge in [-0.15, -0.1) is 0 Å². The molecular formula is C44H27N3. The van der Waals surface area contributed by atoms with Crippen LogP contribution in [-0.4, -0.2) is 14.5 Å². The fraction of sp³-hybridized carbons (Fsp3) is 0. The van der Waals surface area contributed by atoms with Crippen LogP contribution in [0.4, 0.5) is 0 Å². The molecule has 3 nitrogen and oxygen atoms in total. The summed E-state index contributed by atoms with van der Waals surface area (Å²) in [6.45, 7) is 0. The van der Waals surface area contributed by atoms with E-state index in [0.29, 0.717) is 5.82 Å². The standard InChI is InChI=1S/C44H27N3/c1-2-14-30-28(12-1)13-11-21-36(30)40-27-43(47-41-22-9-7-19-37(41)38-20-8-10-23-42(38)47)46-44(45-40)29-24-25-35-33-17-4-3-15-31(33)32-16-5-6-18-34(32)39(35)26-29/h1-27H. The van der Waals surface area contributed by atoms with Crippen molar-refractivity contribution in [3.8, 4) is 28.5 Å². The largest absolute Gasteiger partial charge is 0.294 e. The maximum absolute atomic E-state index is 5.35. The number of para-hydroxylation sites is 2. The Labute approximate surface area is 271 Å². The van der Waals surface area contributed by atoms with Crippen LogP contribution in [0.3, 0.4) is 0 Å². The molecule has 0 fully saturated rings. The molecule has 0 bridgehead atoms. The number of benzene rings is 8. The van der Waals surface area contributed by atoms with Crippen molar-refractivity contribution >= 4 is 64.9 Å². The Morgan fingerprint density at radius 3 is 1.53 bits per heavy atom. The minimum Gasteiger partial charge on any atom is -0.294 e. The van der Waals surface area contributed by atoms with Gasteiger partial charge in [0.1, 0.15) is 5.82 Å². The number of hydrogen-bond acceptors (Lipinski definition) is 2. The van der Waals surface area contributed by atoms with Crippen molar-refractivity contribution in [2.45, 2.75) is 0 Å². The molecule has 47 heavy (non-hydrogen) atoms. The molecule has 0 saturated carbocycles. The average molecular weight is 598 g/mol. The number of hydrogen-bond donors (Lipinski definition) is 0. The predicted molar refractivity (Wildman–Crippen MR) is 197 cm³/mol. The molecule has 0 spiro atoms. The summed E-state index contributed by atoms with van der Waals surface area (Å²) >= 11 is 0. The maximum Gasteiger partial charge on any atom is 0.162 e. The molecule has 0 aliphatic rings. The molecule has 0 atom stereocenters. The minimum atomic E-state index is 0.700. The van der Waals surface area contributed by atoms with Crippen LogP contribution in [0, 0.1) is 0 Å². The molecule has 0 aliphatic carbocycles. The average Bonchev–Trinajstić information content (AvgIpc) is 3.49. The first-order chi connectivity index (χ1) is 23.3. The van der Waals surface area contributed by atoms with Gasteiger partial charge in [0.2, 0.25) is 0 Å². The van der Waals surface area contributed by atoms with Gasteiger partial charge in [-0.05, 0) is 61.3 Å². The van der Waals surface area contributed by atoms with E-state index in [1.807, 2.05) is 0 Å². The van der Waals surface area contributed by atoms with Crippen molar-refractivity contribution in [1.29, 1.82) is 0 Å². The highest BCUT2D eigenvalue weighted by Gasteiger charge is 2.18. The Morgan fingerprint density at radius 1 is 0.362 bits per heavy atom. The second-order valence-electron chi connectivity index (χ2n) is 12.2. The Morgan fingerprint density at radius 2 is 0.872 bits per heavy atom. The van der Waals surface area contributed by atoms with Gasteiger partial charge in [-0.2, -0.15) is 0 Å². The lowest BCUT2D eigenvalue weighted by atomic mass is 9.93. The Balaban J connectivity index is 1.30. The highest BCUT2D eigenvalue weighted by atomic mass is 15.1. The van der Waals surface area contributed by atoms with E-state index < -0.39 is 0 Å². The third-order valence-electron chi connectivity index (χ3n) is 9.59. The van der Waals surface area contributed by atoms with Crippen LogP contribution in [-0.2, 0) is 0 Å². The Bertz CT molecular complexity index is 2770. The summed E-state index contributed by atoms with van der Waals surface area (Å²) in [5.41, 5.74) is 5.22. The monoisotopic (exact) mass is 597 g/mol. The summed E-state index contributed by atoms with van der Waals surface area (Å²) in [7, 11) is 0. The highest BCUT2D eigenvalue weighted by Crippen LogP contribution is 2.38. The normalized spacial score (nSPS) is 11.8. The molecule has 10 rings (SSSR count). The summed E-state index contributed by atoms with van der Waals surface area (Å²) in [6.07, 6.45) is 0. The highest BCUT2D eigenvalue weighted by molar-refractivity contribution is 6.25. The lowest BCUT2D eigenvalue weighted by Crippen LogP contribution is -2.02. The maximum atomic E-state index is 5.35. The molecule has 218 valence electrons. The van der Waals surface area contributed by atoms with E-state index in [9.17, 15) is 0 Å². The minimum absolute atomic E-state index is 0.700. The lowest BCUT2D eigenvalue weighted by Gasteiger charge is -2.14. The smallest absolute Gasteiger partial charge is 0.162 e. The first-order valence-electron chi connectivity index (χ1n) is 16.0. The van der Waals surface area contributed by atoms with Gasteiger partial charge in [-0.25, -0.2) is 9.97 Å². The zero-order valence-electron chi connectivity index (χ0n) is 25.4. The summed E-state index contributed by atoms with van der Waals surface area (Å²) < 4.78 is 2.29. The van der Waals surface area contributed by atoms with Crippen molar-refractivity contribution in [2.24, 2.45) is 0 Å². The van der Waals surface area contributed by atoms with Crippen LogP contribution < -0.4 is 0 Å². The second-order valence-corrected chi connectivity index (χ2v) is 12.2. The summed E-state index contributed by atoms with van der Waals surface area (Å²) in [5, 5.41) is 12.2. The third kappa shape index (κ3) is 3.93. The third-order valence-corrected chi connectivity index (χ3v) is 9.59. The van der Waals surface area contributed by atoms with Crippen molar-refractivity contribution < 1.29 is 0 Å². The fourth-order valence-electron chi connectivity index (χ4n) is 7.48. The predicted octanol–water partition coefficient (Wildman–Crippen LogP) is 11.5. The Hall–Kier alpha value is -6.32. The van der Waals surface area contributed by atoms with Crippen molar-refractivity contribution in [3.63, 3.8) is 0 Å². The molecule has 0 saturated heterocycles. The molecule has 0 N–H and O–H groups in total. The molecule has 3 heteroatoms. The molecule has 0 aliphatic heterocycles. The zero-order valence-corrected chi connectivity index (χ0v) is 25.4. The number of fused-ring (bicyclic) bond motifs is 10. The fourth-order valence-corrected chi connectivity index (χ4v) is 7.48. The quantitative estimate of drug-likeness (QED) is 0.190. The SMILES string of the molecule is c1ccc2c(-c3cc(-n4c5ccccc5c5ccccc54)nc(-c4ccc5c6ccccc6c6ccccc6c5c4)n3)cccc2c1. The van der Waals surface area contributed by atoms with Crippen LogP contribution in [0.25, 0.3) is 93.4 Å². The van der Waals surface area contributed by atoms with Gasteiger partial charge in [0.25, 0.3) is 0 Å². The van der Waals surface area contributed by atoms with Crippen molar-refractivity contribution in [3.05, 3.63) is 164 Å². The van der Waals surface area contributed by atoms with Gasteiger partial charge >= 0.3 is 0 Å². The van der Waals surface area contributed by atoms with E-state index in [1.54, 1.807) is 0 Å². The van der Waals surface area contributed by atoms with E-state index in [4.69, 9.17) is 9.97 Å².